The molecule has 0 saturated heterocycles. The van der Waals surface area contributed by atoms with Crippen LogP contribution in [0.15, 0.2) is 28.7 Å². The quantitative estimate of drug-likeness (QED) is 0.869. The van der Waals surface area contributed by atoms with E-state index in [1.807, 2.05) is 12.1 Å². The van der Waals surface area contributed by atoms with Crippen molar-refractivity contribution in [3.63, 3.8) is 0 Å². The van der Waals surface area contributed by atoms with Crippen LogP contribution in [0.2, 0.25) is 0 Å². The minimum atomic E-state index is -0.301. The second kappa shape index (κ2) is 5.49. The number of aliphatic hydroxyl groups excluding tert-OH is 1. The van der Waals surface area contributed by atoms with Gasteiger partial charge < -0.3 is 10.4 Å². The number of rotatable bonds is 4. The zero-order chi connectivity index (χ0) is 10.6. The Balaban J connectivity index is 2.56. The minimum Gasteiger partial charge on any atom is -0.392 e. The number of nitrogens with one attached hydrogen (secondary N) is 1. The molecule has 0 aliphatic rings. The van der Waals surface area contributed by atoms with Gasteiger partial charge in [0.2, 0.25) is 0 Å². The topological polar surface area (TPSA) is 32.3 Å². The molecule has 14 heavy (non-hydrogen) atoms. The largest absolute Gasteiger partial charge is 0.392 e. The van der Waals surface area contributed by atoms with Gasteiger partial charge in [-0.25, -0.2) is 0 Å². The number of hydrogen-bond donors (Lipinski definition) is 2. The Kier molecular flexibility index (Phi) is 4.58. The van der Waals surface area contributed by atoms with Crippen LogP contribution in [-0.2, 0) is 0 Å². The molecule has 0 amide bonds. The number of benzene rings is 1. The van der Waals surface area contributed by atoms with Gasteiger partial charge in [-0.1, -0.05) is 28.1 Å². The summed E-state index contributed by atoms with van der Waals surface area (Å²) in [6.45, 7) is 4.48. The highest BCUT2D eigenvalue weighted by molar-refractivity contribution is 9.10. The third-order valence-corrected chi connectivity index (χ3v) is 2.56. The van der Waals surface area contributed by atoms with E-state index in [0.29, 0.717) is 6.54 Å². The zero-order valence-corrected chi connectivity index (χ0v) is 10.1. The molecule has 1 rings (SSSR count). The van der Waals surface area contributed by atoms with Gasteiger partial charge in [0, 0.05) is 17.1 Å². The maximum atomic E-state index is 9.13. The van der Waals surface area contributed by atoms with Crippen molar-refractivity contribution in [3.05, 3.63) is 34.3 Å². The molecule has 1 aromatic carbocycles. The summed E-state index contributed by atoms with van der Waals surface area (Å²) in [5.74, 6) is 0. The highest BCUT2D eigenvalue weighted by atomic mass is 79.9. The molecule has 0 bridgehead atoms. The van der Waals surface area contributed by atoms with Gasteiger partial charge in [0.1, 0.15) is 0 Å². The van der Waals surface area contributed by atoms with Gasteiger partial charge in [0.05, 0.1) is 6.10 Å². The summed E-state index contributed by atoms with van der Waals surface area (Å²) in [6, 6.07) is 8.44. The summed E-state index contributed by atoms with van der Waals surface area (Å²) in [5, 5.41) is 12.4. The molecule has 3 heteroatoms. The van der Waals surface area contributed by atoms with E-state index < -0.39 is 0 Å². The molecule has 2 atom stereocenters. The van der Waals surface area contributed by atoms with E-state index in [1.54, 1.807) is 6.92 Å². The maximum absolute atomic E-state index is 9.13. The Morgan fingerprint density at radius 1 is 1.43 bits per heavy atom. The average molecular weight is 258 g/mol. The molecule has 2 N–H and O–H groups in total. The van der Waals surface area contributed by atoms with Crippen molar-refractivity contribution in [1.82, 2.24) is 5.32 Å². The predicted molar refractivity (Wildman–Crippen MR) is 62.2 cm³/mol. The first-order chi connectivity index (χ1) is 6.59. The van der Waals surface area contributed by atoms with Crippen molar-refractivity contribution in [3.8, 4) is 0 Å². The molecule has 0 aromatic heterocycles. The van der Waals surface area contributed by atoms with Crippen molar-refractivity contribution in [2.24, 2.45) is 0 Å². The molecule has 0 aliphatic heterocycles. The molecular formula is C11H16BrNO. The third-order valence-electron chi connectivity index (χ3n) is 2.07. The van der Waals surface area contributed by atoms with Gasteiger partial charge in [0.15, 0.2) is 0 Å². The second-order valence-electron chi connectivity index (χ2n) is 3.53. The van der Waals surface area contributed by atoms with E-state index in [0.717, 1.165) is 4.47 Å². The van der Waals surface area contributed by atoms with Crippen molar-refractivity contribution in [2.75, 3.05) is 6.54 Å². The average Bonchev–Trinajstić information content (AvgIpc) is 2.14. The molecule has 1 aromatic rings. The van der Waals surface area contributed by atoms with E-state index in [2.05, 4.69) is 40.3 Å². The highest BCUT2D eigenvalue weighted by Gasteiger charge is 2.05. The Bertz CT molecular complexity index is 288. The lowest BCUT2D eigenvalue weighted by atomic mass is 10.1. The first kappa shape index (κ1) is 11.7. The van der Waals surface area contributed by atoms with Crippen LogP contribution in [-0.4, -0.2) is 17.8 Å². The molecule has 78 valence electrons. The molecule has 0 saturated carbocycles. The second-order valence-corrected chi connectivity index (χ2v) is 4.45. The van der Waals surface area contributed by atoms with Crippen LogP contribution in [0.1, 0.15) is 25.5 Å². The monoisotopic (exact) mass is 257 g/mol. The van der Waals surface area contributed by atoms with Gasteiger partial charge in [-0.05, 0) is 31.5 Å². The molecule has 0 radical (unpaired) electrons. The smallest absolute Gasteiger partial charge is 0.0636 e. The maximum Gasteiger partial charge on any atom is 0.0636 e. The van der Waals surface area contributed by atoms with Crippen LogP contribution in [0.5, 0.6) is 0 Å². The lowest BCUT2D eigenvalue weighted by Gasteiger charge is -2.15. The zero-order valence-electron chi connectivity index (χ0n) is 8.50. The molecule has 0 heterocycles. The Morgan fingerprint density at radius 2 is 2.14 bits per heavy atom. The molecule has 0 spiro atoms. The summed E-state index contributed by atoms with van der Waals surface area (Å²) in [6.07, 6.45) is -0.301. The van der Waals surface area contributed by atoms with Crippen LogP contribution >= 0.6 is 15.9 Å². The van der Waals surface area contributed by atoms with E-state index in [9.17, 15) is 0 Å². The van der Waals surface area contributed by atoms with Gasteiger partial charge in [-0.15, -0.1) is 0 Å². The fraction of sp³-hybridized carbons (Fsp3) is 0.455. The van der Waals surface area contributed by atoms with Gasteiger partial charge in [-0.3, -0.25) is 0 Å². The lowest BCUT2D eigenvalue weighted by Crippen LogP contribution is -2.27. The Labute approximate surface area is 93.5 Å². The molecule has 0 aliphatic carbocycles. The number of hydrogen-bond acceptors (Lipinski definition) is 2. The van der Waals surface area contributed by atoms with E-state index >= 15 is 0 Å². The van der Waals surface area contributed by atoms with E-state index in [4.69, 9.17) is 5.11 Å². The fourth-order valence-corrected chi connectivity index (χ4v) is 1.66. The summed E-state index contributed by atoms with van der Waals surface area (Å²) >= 11 is 3.43. The van der Waals surface area contributed by atoms with E-state index in [1.165, 1.54) is 5.56 Å². The summed E-state index contributed by atoms with van der Waals surface area (Å²) in [5.41, 5.74) is 1.22. The fourth-order valence-electron chi connectivity index (χ4n) is 1.24. The van der Waals surface area contributed by atoms with Crippen molar-refractivity contribution >= 4 is 15.9 Å². The SMILES string of the molecule is CC(O)CN[C@H](C)c1cccc(Br)c1. The number of aliphatic hydroxyl groups is 1. The van der Waals surface area contributed by atoms with Crippen molar-refractivity contribution in [2.45, 2.75) is 26.0 Å². The standard InChI is InChI=1S/C11H16BrNO/c1-8(14)7-13-9(2)10-4-3-5-11(12)6-10/h3-6,8-9,13-14H,7H2,1-2H3/t8?,9-/m1/s1. The summed E-state index contributed by atoms with van der Waals surface area (Å²) in [4.78, 5) is 0. The van der Waals surface area contributed by atoms with E-state index in [-0.39, 0.29) is 12.1 Å². The Hall–Kier alpha value is -0.380. The van der Waals surface area contributed by atoms with Crippen molar-refractivity contribution in [1.29, 1.82) is 0 Å². The normalized spacial score (nSPS) is 15.1. The molecule has 0 fully saturated rings. The van der Waals surface area contributed by atoms with Crippen molar-refractivity contribution < 1.29 is 5.11 Å². The van der Waals surface area contributed by atoms with Gasteiger partial charge >= 0.3 is 0 Å². The van der Waals surface area contributed by atoms with Gasteiger partial charge in [-0.2, -0.15) is 0 Å². The third kappa shape index (κ3) is 3.78. The Morgan fingerprint density at radius 3 is 2.71 bits per heavy atom. The number of halogens is 1. The predicted octanol–water partition coefficient (Wildman–Crippen LogP) is 2.48. The first-order valence-electron chi connectivity index (χ1n) is 4.76. The summed E-state index contributed by atoms with van der Waals surface area (Å²) < 4.78 is 1.08. The van der Waals surface area contributed by atoms with Crippen LogP contribution in [0, 0.1) is 0 Å². The summed E-state index contributed by atoms with van der Waals surface area (Å²) in [7, 11) is 0. The van der Waals surface area contributed by atoms with Crippen LogP contribution < -0.4 is 5.32 Å². The minimum absolute atomic E-state index is 0.266. The van der Waals surface area contributed by atoms with Crippen LogP contribution in [0.4, 0.5) is 0 Å². The van der Waals surface area contributed by atoms with Gasteiger partial charge in [0.25, 0.3) is 0 Å². The first-order valence-corrected chi connectivity index (χ1v) is 5.56. The molecular weight excluding hydrogens is 242 g/mol. The lowest BCUT2D eigenvalue weighted by molar-refractivity contribution is 0.187. The van der Waals surface area contributed by atoms with Crippen LogP contribution in [0.25, 0.3) is 0 Å². The molecule has 2 nitrogen and oxygen atoms in total. The molecule has 1 unspecified atom stereocenters. The van der Waals surface area contributed by atoms with Crippen LogP contribution in [0.3, 0.4) is 0 Å². The highest BCUT2D eigenvalue weighted by Crippen LogP contribution is 2.17.